The number of hydrogen-bond acceptors (Lipinski definition) is 13. The molecule has 54 heavy (non-hydrogen) atoms. The van der Waals surface area contributed by atoms with Gasteiger partial charge in [-0.15, -0.1) is 0 Å². The van der Waals surface area contributed by atoms with Crippen LogP contribution in [-0.4, -0.2) is 114 Å². The van der Waals surface area contributed by atoms with Crippen molar-refractivity contribution < 1.29 is 37.6 Å². The Bertz CT molecular complexity index is 1570. The minimum absolute atomic E-state index is 0.102. The zero-order valence-corrected chi connectivity index (χ0v) is 37.3. The molecule has 3 unspecified atom stereocenters. The molecule has 1 aliphatic heterocycles. The van der Waals surface area contributed by atoms with E-state index < -0.39 is 67.5 Å². The van der Waals surface area contributed by atoms with Crippen molar-refractivity contribution >= 4 is 53.9 Å². The Kier molecular flexibility index (Phi) is 16.5. The Morgan fingerprint density at radius 2 is 1.78 bits per heavy atom. The highest BCUT2D eigenvalue weighted by atomic mass is 31.2. The molecule has 1 aliphatic rings. The highest BCUT2D eigenvalue weighted by Gasteiger charge is 2.43. The average molecular weight is 811 g/mol. The topological polar surface area (TPSA) is 195 Å². The molecule has 2 aromatic heterocycles. The quantitative estimate of drug-likeness (QED) is 0.0599. The van der Waals surface area contributed by atoms with E-state index in [2.05, 4.69) is 118 Å². The smallest absolute Gasteiger partial charge is 0.331 e. The molecule has 1 fully saturated rings. The first-order chi connectivity index (χ1) is 25.1. The molecule has 0 aliphatic carbocycles. The first-order valence-corrected chi connectivity index (χ1v) is 26.5. The summed E-state index contributed by atoms with van der Waals surface area (Å²) in [5.41, 5.74) is 0.687. The molecule has 19 heteroatoms. The number of aromatic nitrogens is 4. The Hall–Kier alpha value is -2.60. The molecule has 0 saturated carbocycles. The number of amides is 2. The number of urea groups is 1. The van der Waals surface area contributed by atoms with Crippen molar-refractivity contribution in [2.75, 3.05) is 25.1 Å². The van der Waals surface area contributed by atoms with E-state index in [-0.39, 0.29) is 49.2 Å². The highest BCUT2D eigenvalue weighted by molar-refractivity contribution is 7.44. The predicted molar refractivity (Wildman–Crippen MR) is 214 cm³/mol. The summed E-state index contributed by atoms with van der Waals surface area (Å²) in [6, 6.07) is 1.34. The van der Waals surface area contributed by atoms with E-state index in [9.17, 15) is 14.7 Å². The highest BCUT2D eigenvalue weighted by Crippen LogP contribution is 2.50. The number of carbonyl (C=O) groups excluding carboxylic acids is 2. The van der Waals surface area contributed by atoms with Crippen molar-refractivity contribution in [2.24, 2.45) is 0 Å². The van der Waals surface area contributed by atoms with E-state index in [4.69, 9.17) is 28.2 Å². The summed E-state index contributed by atoms with van der Waals surface area (Å²) in [6.07, 6.45) is 0.942. The van der Waals surface area contributed by atoms with E-state index in [1.165, 1.54) is 6.33 Å². The first kappa shape index (κ1) is 45.8. The summed E-state index contributed by atoms with van der Waals surface area (Å²) in [7, 11) is -5.37. The molecule has 16 nitrogen and oxygen atoms in total. The summed E-state index contributed by atoms with van der Waals surface area (Å²) < 4.78 is 34.9. The number of hydrogen-bond donors (Lipinski definition) is 3. The van der Waals surface area contributed by atoms with Gasteiger partial charge in [0.05, 0.1) is 50.8 Å². The second kappa shape index (κ2) is 19.5. The van der Waals surface area contributed by atoms with Crippen LogP contribution < -0.4 is 10.6 Å². The normalized spacial score (nSPS) is 20.0. The van der Waals surface area contributed by atoms with Crippen molar-refractivity contribution in [1.29, 1.82) is 5.26 Å². The van der Waals surface area contributed by atoms with Crippen LogP contribution in [0.25, 0.3) is 11.2 Å². The molecule has 0 aromatic carbocycles. The lowest BCUT2D eigenvalue weighted by Crippen LogP contribution is -2.55. The molecule has 1 saturated heterocycles. The van der Waals surface area contributed by atoms with Crippen LogP contribution in [-0.2, 0) is 27.7 Å². The maximum Gasteiger partial charge on any atom is 0.331 e. The number of nitrogens with one attached hydrogen (secondary N) is 2. The minimum Gasteiger partial charge on any atom is -0.464 e. The van der Waals surface area contributed by atoms with Crippen LogP contribution in [0.3, 0.4) is 0 Å². The number of aliphatic hydroxyl groups excluding tert-OH is 1. The number of imidazole rings is 1. The van der Waals surface area contributed by atoms with E-state index in [0.29, 0.717) is 17.6 Å². The van der Waals surface area contributed by atoms with E-state index in [1.807, 2.05) is 0 Å². The molecule has 0 bridgehead atoms. The number of nitrogens with zero attached hydrogens (tertiary/aromatic N) is 6. The van der Waals surface area contributed by atoms with Crippen LogP contribution in [0.1, 0.15) is 74.5 Å². The maximum absolute atomic E-state index is 13.5. The van der Waals surface area contributed by atoms with Gasteiger partial charge in [-0.25, -0.2) is 29.2 Å². The number of anilines is 1. The third-order valence-electron chi connectivity index (χ3n) is 9.54. The number of ether oxygens (including phenoxy) is 2. The van der Waals surface area contributed by atoms with Crippen LogP contribution in [0.4, 0.5) is 10.6 Å². The Labute approximate surface area is 324 Å². The standard InChI is InChI=1S/C35H63N8O8PSi2/c1-23(2)43(24(3)4)52(48-16-14-15-36)50-26-19-28(49-27(26)20-44)42-22-39-30-31(37-21-38-32(30)42)41-34(46)40-29(33(45)47-17-18-53(9,10)11)25(5)51-54(12,13)35(6,7)8/h21-29,44H,14,16-20H2,1-13H3,(H2,37,38,40,41,46)/t25?,26-,27+,28+,29?,52?/m0/s1. The van der Waals surface area contributed by atoms with Crippen molar-refractivity contribution in [3.63, 3.8) is 0 Å². The van der Waals surface area contributed by atoms with Gasteiger partial charge in [0.15, 0.2) is 31.3 Å². The summed E-state index contributed by atoms with van der Waals surface area (Å²) in [5.74, 6) is -0.437. The van der Waals surface area contributed by atoms with Gasteiger partial charge < -0.3 is 33.4 Å². The Balaban J connectivity index is 1.82. The monoisotopic (exact) mass is 810 g/mol. The SMILES string of the molecule is CC(O[Si](C)(C)C(C)(C)C)C(NC(=O)Nc1ncnc2c1ncn2[C@H]1C[C@H](OP(OCCC#N)N(C(C)C)C(C)C)[C@@H](CO)O1)C(=O)OCC[Si](C)(C)C. The maximum atomic E-state index is 13.5. The lowest BCUT2D eigenvalue weighted by molar-refractivity contribution is -0.147. The third-order valence-corrected chi connectivity index (χ3v) is 18.0. The predicted octanol–water partition coefficient (Wildman–Crippen LogP) is 6.55. The van der Waals surface area contributed by atoms with Crippen molar-refractivity contribution in [1.82, 2.24) is 29.5 Å². The Morgan fingerprint density at radius 3 is 2.35 bits per heavy atom. The fourth-order valence-corrected chi connectivity index (χ4v) is 9.51. The zero-order valence-electron chi connectivity index (χ0n) is 34.4. The molecule has 0 radical (unpaired) electrons. The lowest BCUT2D eigenvalue weighted by Gasteiger charge is -2.40. The van der Waals surface area contributed by atoms with Gasteiger partial charge in [0.2, 0.25) is 0 Å². The van der Waals surface area contributed by atoms with Crippen molar-refractivity contribution in [3.05, 3.63) is 12.7 Å². The number of carbonyl (C=O) groups is 2. The summed E-state index contributed by atoms with van der Waals surface area (Å²) >= 11 is 0. The molecular formula is C35H63N8O8PSi2. The van der Waals surface area contributed by atoms with Gasteiger partial charge in [0, 0.05) is 26.6 Å². The molecule has 2 aromatic rings. The molecule has 0 spiro atoms. The van der Waals surface area contributed by atoms with Gasteiger partial charge in [0.1, 0.15) is 18.7 Å². The molecule has 6 atom stereocenters. The Morgan fingerprint density at radius 1 is 1.11 bits per heavy atom. The second-order valence-corrected chi connectivity index (χ2v) is 28.7. The van der Waals surface area contributed by atoms with Gasteiger partial charge in [-0.2, -0.15) is 5.26 Å². The van der Waals surface area contributed by atoms with E-state index in [1.54, 1.807) is 17.8 Å². The minimum atomic E-state index is -2.32. The zero-order chi connectivity index (χ0) is 40.6. The molecule has 3 N–H and O–H groups in total. The fraction of sp³-hybridized carbons (Fsp3) is 0.771. The fourth-order valence-electron chi connectivity index (χ4n) is 5.62. The van der Waals surface area contributed by atoms with Crippen LogP contribution in [0.15, 0.2) is 12.7 Å². The molecule has 3 rings (SSSR count). The number of esters is 1. The van der Waals surface area contributed by atoms with Gasteiger partial charge in [-0.3, -0.25) is 9.88 Å². The van der Waals surface area contributed by atoms with E-state index >= 15 is 0 Å². The van der Waals surface area contributed by atoms with Crippen LogP contribution >= 0.6 is 8.53 Å². The molecule has 304 valence electrons. The average Bonchev–Trinajstić information content (AvgIpc) is 3.66. The van der Waals surface area contributed by atoms with Gasteiger partial charge in [0.25, 0.3) is 8.53 Å². The van der Waals surface area contributed by atoms with Gasteiger partial charge in [-0.1, -0.05) is 40.4 Å². The number of rotatable bonds is 19. The number of fused-ring (bicyclic) bond motifs is 1. The molecule has 3 heterocycles. The van der Waals surface area contributed by atoms with Gasteiger partial charge >= 0.3 is 12.0 Å². The number of nitriles is 1. The second-order valence-electron chi connectivity index (χ2n) is 16.9. The van der Waals surface area contributed by atoms with Crippen LogP contribution in [0.5, 0.6) is 0 Å². The summed E-state index contributed by atoms with van der Waals surface area (Å²) in [5, 5.41) is 24.8. The summed E-state index contributed by atoms with van der Waals surface area (Å²) in [4.78, 5) is 40.2. The van der Waals surface area contributed by atoms with Crippen LogP contribution in [0.2, 0.25) is 43.8 Å². The van der Waals surface area contributed by atoms with Crippen molar-refractivity contribution in [2.45, 2.75) is 155 Å². The van der Waals surface area contributed by atoms with Crippen molar-refractivity contribution in [3.8, 4) is 6.07 Å². The summed E-state index contributed by atoms with van der Waals surface area (Å²) in [6.45, 7) is 27.3. The number of aliphatic hydroxyl groups is 1. The third kappa shape index (κ3) is 12.5. The van der Waals surface area contributed by atoms with E-state index in [0.717, 1.165) is 6.04 Å². The lowest BCUT2D eigenvalue weighted by atomic mass is 10.2. The molecule has 2 amide bonds. The first-order valence-electron chi connectivity index (χ1n) is 18.7. The van der Waals surface area contributed by atoms with Gasteiger partial charge in [-0.05, 0) is 58.8 Å². The molecular weight excluding hydrogens is 748 g/mol. The van der Waals surface area contributed by atoms with Crippen LogP contribution in [0, 0.1) is 11.3 Å². The largest absolute Gasteiger partial charge is 0.464 e.